The Hall–Kier alpha value is -2.93. The predicted octanol–water partition coefficient (Wildman–Crippen LogP) is 3.10. The van der Waals surface area contributed by atoms with Crippen LogP contribution < -0.4 is 14.9 Å². The van der Waals surface area contributed by atoms with Crippen LogP contribution in [0.2, 0.25) is 0 Å². The number of carbonyl (C=O) groups is 1. The molecule has 4 rings (SSSR count). The number of benzene rings is 2. The first-order valence-corrected chi connectivity index (χ1v) is 10.1. The Morgan fingerprint density at radius 3 is 2.59 bits per heavy atom. The minimum absolute atomic E-state index is 0.0970. The smallest absolute Gasteiger partial charge is 0.365 e. The van der Waals surface area contributed by atoms with Crippen LogP contribution in [-0.2, 0) is 0 Å². The van der Waals surface area contributed by atoms with Gasteiger partial charge < -0.3 is 14.9 Å². The summed E-state index contributed by atoms with van der Waals surface area (Å²) in [4.78, 5) is 18.9. The topological polar surface area (TPSA) is 78.3 Å². The van der Waals surface area contributed by atoms with Gasteiger partial charge in [-0.15, -0.1) is 5.10 Å². The van der Waals surface area contributed by atoms with Crippen molar-refractivity contribution in [3.05, 3.63) is 54.1 Å². The van der Waals surface area contributed by atoms with Gasteiger partial charge in [0.15, 0.2) is 5.52 Å². The van der Waals surface area contributed by atoms with Gasteiger partial charge in [0.25, 0.3) is 0 Å². The summed E-state index contributed by atoms with van der Waals surface area (Å²) in [7, 11) is 0. The van der Waals surface area contributed by atoms with Gasteiger partial charge in [0.05, 0.1) is 5.56 Å². The lowest BCUT2D eigenvalue weighted by atomic mass is 9.86. The summed E-state index contributed by atoms with van der Waals surface area (Å²) in [6, 6.07) is 14.4. The second kappa shape index (κ2) is 8.61. The molecule has 0 bridgehead atoms. The molecule has 0 radical (unpaired) electrons. The van der Waals surface area contributed by atoms with Crippen LogP contribution in [0.25, 0.3) is 11.0 Å². The lowest BCUT2D eigenvalue weighted by Gasteiger charge is -2.33. The summed E-state index contributed by atoms with van der Waals surface area (Å²) in [5, 5.41) is 11.6. The highest BCUT2D eigenvalue weighted by Crippen LogP contribution is 2.30. The summed E-state index contributed by atoms with van der Waals surface area (Å²) in [6.07, 6.45) is 2.29. The maximum absolute atomic E-state index is 12.4. The van der Waals surface area contributed by atoms with Crippen LogP contribution in [0, 0.1) is 11.8 Å². The highest BCUT2D eigenvalue weighted by atomic mass is 16.7. The third-order valence-corrected chi connectivity index (χ3v) is 5.36. The van der Waals surface area contributed by atoms with Crippen LogP contribution in [0.1, 0.15) is 37.0 Å². The van der Waals surface area contributed by atoms with Gasteiger partial charge in [-0.05, 0) is 67.2 Å². The average Bonchev–Trinajstić information content (AvgIpc) is 3.16. The number of rotatable bonds is 6. The van der Waals surface area contributed by atoms with Gasteiger partial charge in [-0.25, -0.2) is 4.79 Å². The minimum Gasteiger partial charge on any atom is -0.487 e. The van der Waals surface area contributed by atoms with E-state index in [1.54, 1.807) is 24.3 Å². The van der Waals surface area contributed by atoms with Crippen LogP contribution in [0.15, 0.2) is 48.5 Å². The molecule has 0 amide bonds. The Bertz CT molecular complexity index is 965. The number of aromatic nitrogens is 3. The Labute approximate surface area is 170 Å². The average molecular weight is 394 g/mol. The van der Waals surface area contributed by atoms with Crippen molar-refractivity contribution in [2.45, 2.75) is 32.8 Å². The summed E-state index contributed by atoms with van der Waals surface area (Å²) in [5.41, 5.74) is 1.64. The van der Waals surface area contributed by atoms with Crippen LogP contribution in [0.5, 0.6) is 5.75 Å². The van der Waals surface area contributed by atoms with E-state index < -0.39 is 5.97 Å². The summed E-state index contributed by atoms with van der Waals surface area (Å²) in [5.74, 6) is 1.05. The maximum Gasteiger partial charge on any atom is 0.365 e. The molecule has 29 heavy (non-hydrogen) atoms. The first-order chi connectivity index (χ1) is 14.1. The van der Waals surface area contributed by atoms with Crippen LogP contribution in [0.3, 0.4) is 0 Å². The Morgan fingerprint density at radius 1 is 1.10 bits per heavy atom. The summed E-state index contributed by atoms with van der Waals surface area (Å²) in [6.45, 7) is 6.41. The van der Waals surface area contributed by atoms with E-state index in [1.807, 2.05) is 24.3 Å². The van der Waals surface area contributed by atoms with Crippen molar-refractivity contribution in [3.63, 3.8) is 0 Å². The number of hydrogen-bond acceptors (Lipinski definition) is 6. The van der Waals surface area contributed by atoms with Gasteiger partial charge >= 0.3 is 5.97 Å². The maximum atomic E-state index is 12.4. The number of fused-ring (bicyclic) bond motifs is 1. The molecule has 0 aliphatic carbocycles. The second-order valence-corrected chi connectivity index (χ2v) is 7.74. The van der Waals surface area contributed by atoms with Gasteiger partial charge in [0.1, 0.15) is 17.4 Å². The summed E-state index contributed by atoms with van der Waals surface area (Å²) >= 11 is 0. The van der Waals surface area contributed by atoms with Crippen LogP contribution in [-0.4, -0.2) is 40.3 Å². The molecule has 1 saturated heterocycles. The molecule has 7 nitrogen and oxygen atoms in total. The number of ether oxygens (including phenoxy) is 1. The van der Waals surface area contributed by atoms with Gasteiger partial charge in [0, 0.05) is 0 Å². The fraction of sp³-hybridized carbons (Fsp3) is 0.409. The third-order valence-electron chi connectivity index (χ3n) is 5.36. The van der Waals surface area contributed by atoms with Gasteiger partial charge in [-0.2, -0.15) is 0 Å². The Kier molecular flexibility index (Phi) is 5.76. The first kappa shape index (κ1) is 19.4. The van der Waals surface area contributed by atoms with Crippen LogP contribution >= 0.6 is 0 Å². The van der Waals surface area contributed by atoms with E-state index >= 15 is 0 Å². The zero-order chi connectivity index (χ0) is 20.2. The molecular weight excluding hydrogens is 368 g/mol. The van der Waals surface area contributed by atoms with Crippen molar-refractivity contribution in [1.29, 1.82) is 0 Å². The van der Waals surface area contributed by atoms with Crippen molar-refractivity contribution in [2.24, 2.45) is 11.8 Å². The molecule has 2 heterocycles. The molecule has 1 aliphatic heterocycles. The number of nitrogens with zero attached hydrogens (tertiary/aromatic N) is 3. The predicted molar refractivity (Wildman–Crippen MR) is 110 cm³/mol. The van der Waals surface area contributed by atoms with Gasteiger partial charge in [0.2, 0.25) is 0 Å². The number of nitrogens with one attached hydrogen (secondary N) is 1. The zero-order valence-electron chi connectivity index (χ0n) is 16.7. The van der Waals surface area contributed by atoms with Crippen molar-refractivity contribution < 1.29 is 14.4 Å². The molecule has 1 aliphatic rings. The number of piperidine rings is 1. The molecule has 1 aromatic heterocycles. The highest BCUT2D eigenvalue weighted by Gasteiger charge is 2.29. The molecule has 0 saturated carbocycles. The number of hydrogen-bond donors (Lipinski definition) is 1. The molecule has 1 N–H and O–H groups in total. The fourth-order valence-corrected chi connectivity index (χ4v) is 3.86. The van der Waals surface area contributed by atoms with Crippen molar-refractivity contribution in [3.8, 4) is 5.75 Å². The van der Waals surface area contributed by atoms with Crippen molar-refractivity contribution in [1.82, 2.24) is 20.5 Å². The molecule has 1 atom stereocenters. The van der Waals surface area contributed by atoms with E-state index in [0.717, 1.165) is 30.8 Å². The van der Waals surface area contributed by atoms with Gasteiger partial charge in [-0.3, -0.25) is 0 Å². The Balaban J connectivity index is 1.57. The van der Waals surface area contributed by atoms with Crippen LogP contribution in [0.4, 0.5) is 0 Å². The molecule has 1 unspecified atom stereocenters. The quantitative estimate of drug-likeness (QED) is 0.648. The van der Waals surface area contributed by atoms with E-state index in [0.29, 0.717) is 34.2 Å². The molecular formula is C22H26N4O3. The van der Waals surface area contributed by atoms with E-state index in [-0.39, 0.29) is 6.10 Å². The van der Waals surface area contributed by atoms with Gasteiger partial charge in [-0.1, -0.05) is 43.0 Å². The fourth-order valence-electron chi connectivity index (χ4n) is 3.86. The number of carbonyl (C=O) groups excluding carboxylic acids is 1. The standard InChI is InChI=1S/C22H26N4O3/c1-15(2)21(16-11-13-23-14-12-16)28-19-10-6-9-18-20(19)24-25-26(18)29-22(27)17-7-4-3-5-8-17/h3-10,15-16,21,23H,11-14H2,1-2H3. The van der Waals surface area contributed by atoms with E-state index in [2.05, 4.69) is 29.5 Å². The lowest BCUT2D eigenvalue weighted by molar-refractivity contribution is 0.0408. The third kappa shape index (κ3) is 4.24. The molecule has 1 fully saturated rings. The van der Waals surface area contributed by atoms with E-state index in [1.165, 1.54) is 0 Å². The SMILES string of the molecule is CC(C)C(Oc1cccc2c1nnn2OC(=O)c1ccccc1)C1CCNCC1. The monoisotopic (exact) mass is 394 g/mol. The second-order valence-electron chi connectivity index (χ2n) is 7.74. The Morgan fingerprint density at radius 2 is 1.86 bits per heavy atom. The van der Waals surface area contributed by atoms with E-state index in [9.17, 15) is 4.79 Å². The molecule has 152 valence electrons. The largest absolute Gasteiger partial charge is 0.487 e. The highest BCUT2D eigenvalue weighted by molar-refractivity contribution is 5.90. The molecule has 0 spiro atoms. The zero-order valence-corrected chi connectivity index (χ0v) is 16.7. The lowest BCUT2D eigenvalue weighted by Crippen LogP contribution is -2.39. The van der Waals surface area contributed by atoms with Crippen molar-refractivity contribution >= 4 is 17.0 Å². The minimum atomic E-state index is -0.488. The normalized spacial score (nSPS) is 16.1. The molecule has 3 aromatic rings. The summed E-state index contributed by atoms with van der Waals surface area (Å²) < 4.78 is 6.45. The van der Waals surface area contributed by atoms with E-state index in [4.69, 9.17) is 9.57 Å². The molecule has 2 aromatic carbocycles. The molecule has 7 heteroatoms. The first-order valence-electron chi connectivity index (χ1n) is 10.1. The van der Waals surface area contributed by atoms with Crippen molar-refractivity contribution in [2.75, 3.05) is 13.1 Å².